The minimum atomic E-state index is -0.776. The fraction of sp³-hybridized carbons (Fsp3) is 0.370. The third-order valence-corrected chi connectivity index (χ3v) is 6.37. The second kappa shape index (κ2) is 10.0. The highest BCUT2D eigenvalue weighted by Crippen LogP contribution is 2.42. The Bertz CT molecular complexity index is 1250. The molecule has 36 heavy (non-hydrogen) atoms. The van der Waals surface area contributed by atoms with Gasteiger partial charge in [0, 0.05) is 30.6 Å². The van der Waals surface area contributed by atoms with Gasteiger partial charge in [0.15, 0.2) is 17.6 Å². The molecule has 9 heteroatoms. The largest absolute Gasteiger partial charge is 0.493 e. The number of carbonyl (C=O) groups excluding carboxylic acids is 1. The molecule has 1 fully saturated rings. The number of hydrogen-bond donors (Lipinski definition) is 0. The van der Waals surface area contributed by atoms with Crippen molar-refractivity contribution in [2.75, 3.05) is 28.4 Å². The van der Waals surface area contributed by atoms with Gasteiger partial charge < -0.3 is 28.1 Å². The second-order valence-corrected chi connectivity index (χ2v) is 8.68. The number of aromatic nitrogens is 2. The molecule has 2 unspecified atom stereocenters. The van der Waals surface area contributed by atoms with E-state index in [0.717, 1.165) is 29.5 Å². The number of methoxy groups -OCH3 is 4. The topological polar surface area (TPSA) is 102 Å². The fourth-order valence-corrected chi connectivity index (χ4v) is 4.28. The Morgan fingerprint density at radius 1 is 0.944 bits per heavy atom. The van der Waals surface area contributed by atoms with Crippen LogP contribution in [0, 0.1) is 0 Å². The molecule has 1 aromatic heterocycles. The first-order chi connectivity index (χ1) is 17.6. The zero-order chi connectivity index (χ0) is 25.2. The van der Waals surface area contributed by atoms with Crippen LogP contribution in [0.5, 0.6) is 17.2 Å². The average Bonchev–Trinajstić information content (AvgIpc) is 3.43. The van der Waals surface area contributed by atoms with Crippen LogP contribution in [0.3, 0.4) is 0 Å². The molecule has 0 saturated heterocycles. The van der Waals surface area contributed by atoms with Gasteiger partial charge in [0.05, 0.1) is 21.3 Å². The summed E-state index contributed by atoms with van der Waals surface area (Å²) in [6.45, 7) is 0. The lowest BCUT2D eigenvalue weighted by molar-refractivity contribution is -0.136. The van der Waals surface area contributed by atoms with Crippen LogP contribution in [0.25, 0.3) is 17.2 Å². The monoisotopic (exact) mass is 492 g/mol. The van der Waals surface area contributed by atoms with E-state index in [9.17, 15) is 4.79 Å². The third-order valence-electron chi connectivity index (χ3n) is 6.37. The predicted molar refractivity (Wildman–Crippen MR) is 130 cm³/mol. The van der Waals surface area contributed by atoms with E-state index in [-0.39, 0.29) is 5.78 Å². The molecule has 1 aliphatic carbocycles. The fourth-order valence-electron chi connectivity index (χ4n) is 4.28. The van der Waals surface area contributed by atoms with Crippen molar-refractivity contribution in [1.82, 2.24) is 10.2 Å². The first-order valence-corrected chi connectivity index (χ1v) is 11.7. The van der Waals surface area contributed by atoms with E-state index in [0.29, 0.717) is 47.1 Å². The normalized spacial score (nSPS) is 17.8. The molecule has 0 radical (unpaired) electrons. The lowest BCUT2D eigenvalue weighted by atomic mass is 9.99. The zero-order valence-electron chi connectivity index (χ0n) is 20.6. The summed E-state index contributed by atoms with van der Waals surface area (Å²) in [7, 11) is 6.16. The van der Waals surface area contributed by atoms with Crippen molar-refractivity contribution in [3.8, 4) is 28.7 Å². The van der Waals surface area contributed by atoms with E-state index in [1.165, 1.54) is 7.11 Å². The summed E-state index contributed by atoms with van der Waals surface area (Å²) in [5, 5.41) is 8.28. The van der Waals surface area contributed by atoms with Gasteiger partial charge >= 0.3 is 0 Å². The van der Waals surface area contributed by atoms with Crippen molar-refractivity contribution in [2.24, 2.45) is 0 Å². The first kappa shape index (κ1) is 23.9. The Morgan fingerprint density at radius 3 is 2.22 bits per heavy atom. The minimum absolute atomic E-state index is 0.169. The van der Waals surface area contributed by atoms with Crippen LogP contribution in [-0.4, -0.2) is 50.5 Å². The molecule has 2 aromatic carbocycles. The number of Topliss-reactive ketones (excluding diaryl/α,β-unsaturated/α-hetero) is 1. The van der Waals surface area contributed by atoms with Crippen molar-refractivity contribution in [3.05, 3.63) is 59.5 Å². The molecule has 2 heterocycles. The lowest BCUT2D eigenvalue weighted by Gasteiger charge is -2.20. The van der Waals surface area contributed by atoms with Gasteiger partial charge in [-0.3, -0.25) is 4.79 Å². The van der Waals surface area contributed by atoms with E-state index in [1.807, 2.05) is 30.3 Å². The van der Waals surface area contributed by atoms with Crippen LogP contribution >= 0.6 is 0 Å². The van der Waals surface area contributed by atoms with Crippen LogP contribution in [-0.2, 0) is 14.3 Å². The third kappa shape index (κ3) is 4.54. The van der Waals surface area contributed by atoms with Gasteiger partial charge in [0.1, 0.15) is 11.9 Å². The number of ketones is 1. The highest BCUT2D eigenvalue weighted by molar-refractivity contribution is 5.90. The molecule has 2 atom stereocenters. The summed E-state index contributed by atoms with van der Waals surface area (Å²) in [5.74, 6) is 3.46. The number of carbonyl (C=O) groups is 1. The highest BCUT2D eigenvalue weighted by Gasteiger charge is 2.34. The zero-order valence-corrected chi connectivity index (χ0v) is 20.6. The maximum absolute atomic E-state index is 13.3. The predicted octanol–water partition coefficient (Wildman–Crippen LogP) is 4.73. The standard InChI is InChI=1S/C27H28N2O7/c1-31-21-13-18(14-22(32-2)25(21)34-4)19-11-12-20(35-19)23(30)24(33-3)15-5-7-16(8-6-15)26-28-29-27(36-26)17-9-10-17/h5-8,11,13-14,17,20,24H,9-10,12H2,1-4H3. The van der Waals surface area contributed by atoms with E-state index >= 15 is 0 Å². The molecular formula is C27H28N2O7. The molecule has 9 nitrogen and oxygen atoms in total. The molecule has 0 N–H and O–H groups in total. The summed E-state index contributed by atoms with van der Waals surface area (Å²) < 4.78 is 33.7. The van der Waals surface area contributed by atoms with Gasteiger partial charge in [-0.05, 0) is 48.7 Å². The number of nitrogens with zero attached hydrogens (tertiary/aromatic N) is 2. The van der Waals surface area contributed by atoms with E-state index in [1.54, 1.807) is 33.5 Å². The maximum Gasteiger partial charge on any atom is 0.247 e. The summed E-state index contributed by atoms with van der Waals surface area (Å²) >= 11 is 0. The SMILES string of the molecule is COc1cc(C2=CCC(C(=O)C(OC)c3ccc(-c4nnc(C5CC5)o4)cc3)O2)cc(OC)c1OC. The van der Waals surface area contributed by atoms with Crippen LogP contribution in [0.1, 0.15) is 48.3 Å². The first-order valence-electron chi connectivity index (χ1n) is 11.7. The van der Waals surface area contributed by atoms with Gasteiger partial charge in [-0.15, -0.1) is 10.2 Å². The van der Waals surface area contributed by atoms with Gasteiger partial charge in [-0.1, -0.05) is 12.1 Å². The molecule has 0 bridgehead atoms. The molecular weight excluding hydrogens is 464 g/mol. The van der Waals surface area contributed by atoms with E-state index in [4.69, 9.17) is 28.1 Å². The van der Waals surface area contributed by atoms with Crippen LogP contribution < -0.4 is 14.2 Å². The Labute approximate surface area is 209 Å². The quantitative estimate of drug-likeness (QED) is 0.397. The average molecular weight is 493 g/mol. The maximum atomic E-state index is 13.3. The summed E-state index contributed by atoms with van der Waals surface area (Å²) in [4.78, 5) is 13.3. The minimum Gasteiger partial charge on any atom is -0.493 e. The summed E-state index contributed by atoms with van der Waals surface area (Å²) in [5.41, 5.74) is 2.24. The van der Waals surface area contributed by atoms with Crippen molar-refractivity contribution >= 4 is 11.5 Å². The molecule has 188 valence electrons. The molecule has 0 amide bonds. The number of benzene rings is 2. The Kier molecular flexibility index (Phi) is 6.65. The van der Waals surface area contributed by atoms with Crippen molar-refractivity contribution in [2.45, 2.75) is 37.4 Å². The van der Waals surface area contributed by atoms with Crippen molar-refractivity contribution in [1.29, 1.82) is 0 Å². The highest BCUT2D eigenvalue weighted by atomic mass is 16.5. The summed E-state index contributed by atoms with van der Waals surface area (Å²) in [6, 6.07) is 11.0. The van der Waals surface area contributed by atoms with Crippen molar-refractivity contribution in [3.63, 3.8) is 0 Å². The Morgan fingerprint density at radius 2 is 1.64 bits per heavy atom. The van der Waals surface area contributed by atoms with Gasteiger partial charge in [0.25, 0.3) is 0 Å². The van der Waals surface area contributed by atoms with E-state index < -0.39 is 12.2 Å². The second-order valence-electron chi connectivity index (χ2n) is 8.68. The van der Waals surface area contributed by atoms with Crippen LogP contribution in [0.4, 0.5) is 0 Å². The molecule has 1 saturated carbocycles. The number of rotatable bonds is 10. The van der Waals surface area contributed by atoms with E-state index in [2.05, 4.69) is 10.2 Å². The van der Waals surface area contributed by atoms with Gasteiger partial charge in [-0.25, -0.2) is 0 Å². The molecule has 1 aliphatic heterocycles. The molecule has 0 spiro atoms. The van der Waals surface area contributed by atoms with Crippen LogP contribution in [0.15, 0.2) is 46.9 Å². The lowest BCUT2D eigenvalue weighted by Crippen LogP contribution is -2.27. The smallest absolute Gasteiger partial charge is 0.247 e. The number of ether oxygens (including phenoxy) is 5. The van der Waals surface area contributed by atoms with Crippen molar-refractivity contribution < 1.29 is 32.9 Å². The Balaban J connectivity index is 1.29. The molecule has 5 rings (SSSR count). The Hall–Kier alpha value is -3.85. The number of hydrogen-bond acceptors (Lipinski definition) is 9. The van der Waals surface area contributed by atoms with Crippen LogP contribution in [0.2, 0.25) is 0 Å². The molecule has 2 aliphatic rings. The van der Waals surface area contributed by atoms with Gasteiger partial charge in [-0.2, -0.15) is 0 Å². The van der Waals surface area contributed by atoms with Gasteiger partial charge in [0.2, 0.25) is 23.3 Å². The molecule has 3 aromatic rings. The summed E-state index contributed by atoms with van der Waals surface area (Å²) in [6.07, 6.45) is 3.04.